The molecule has 0 unspecified atom stereocenters. The van der Waals surface area contributed by atoms with Crippen molar-refractivity contribution in [1.29, 1.82) is 5.26 Å². The van der Waals surface area contributed by atoms with Crippen molar-refractivity contribution in [2.45, 2.75) is 13.8 Å². The second-order valence-corrected chi connectivity index (χ2v) is 5.78. The van der Waals surface area contributed by atoms with Crippen LogP contribution in [0, 0.1) is 25.2 Å². The van der Waals surface area contributed by atoms with Crippen LogP contribution in [0.3, 0.4) is 0 Å². The van der Waals surface area contributed by atoms with Crippen LogP contribution in [0.25, 0.3) is 28.7 Å². The van der Waals surface area contributed by atoms with Gasteiger partial charge >= 0.3 is 0 Å². The van der Waals surface area contributed by atoms with Gasteiger partial charge in [-0.25, -0.2) is 14.5 Å². The minimum absolute atomic E-state index is 0.612. The zero-order valence-corrected chi connectivity index (χ0v) is 13.8. The molecule has 6 heteroatoms. The number of pyridine rings is 1. The third-order valence-corrected chi connectivity index (χ3v) is 3.97. The molecule has 0 fully saturated rings. The molecule has 0 saturated carbocycles. The molecule has 3 heterocycles. The van der Waals surface area contributed by atoms with Gasteiger partial charge in [-0.1, -0.05) is 6.07 Å². The number of nitriles is 1. The van der Waals surface area contributed by atoms with Crippen LogP contribution in [0.1, 0.15) is 28.5 Å². The van der Waals surface area contributed by atoms with Gasteiger partial charge in [-0.2, -0.15) is 5.26 Å². The number of nitrogens with zero attached hydrogens (tertiary/aromatic N) is 6. The Labute approximate surface area is 144 Å². The Morgan fingerprint density at radius 1 is 1.08 bits per heavy atom. The van der Waals surface area contributed by atoms with Gasteiger partial charge in [-0.05, 0) is 50.3 Å². The standard InChI is InChI=1S/C19H14N6/c1-12-11-21-13(2)19-23-18(24-25(12)19)8-6-16-5-4-15-9-14(10-20)3-7-17(15)22-16/h3-9,11H,1-2H3/b8-6+. The van der Waals surface area contributed by atoms with Crippen LogP contribution in [0.2, 0.25) is 0 Å². The first kappa shape index (κ1) is 15.0. The average Bonchev–Trinajstić information content (AvgIpc) is 3.08. The molecule has 0 aliphatic carbocycles. The first-order chi connectivity index (χ1) is 12.1. The first-order valence-corrected chi connectivity index (χ1v) is 7.82. The maximum absolute atomic E-state index is 8.96. The normalized spacial score (nSPS) is 11.4. The third-order valence-electron chi connectivity index (χ3n) is 3.97. The molecular formula is C19H14N6. The Bertz CT molecular complexity index is 1140. The molecule has 4 rings (SSSR count). The molecule has 0 aliphatic heterocycles. The minimum Gasteiger partial charge on any atom is -0.256 e. The smallest absolute Gasteiger partial charge is 0.177 e. The quantitative estimate of drug-likeness (QED) is 0.564. The molecule has 0 spiro atoms. The number of benzene rings is 1. The topological polar surface area (TPSA) is 79.8 Å². The van der Waals surface area contributed by atoms with Crippen molar-refractivity contribution in [1.82, 2.24) is 24.6 Å². The lowest BCUT2D eigenvalue weighted by Gasteiger charge is -1.99. The lowest BCUT2D eigenvalue weighted by atomic mass is 10.1. The molecule has 0 saturated heterocycles. The van der Waals surface area contributed by atoms with Crippen molar-refractivity contribution in [3.8, 4) is 6.07 Å². The number of aryl methyl sites for hydroxylation is 2. The fraction of sp³-hybridized carbons (Fsp3) is 0.105. The largest absolute Gasteiger partial charge is 0.256 e. The van der Waals surface area contributed by atoms with Crippen LogP contribution in [-0.4, -0.2) is 24.6 Å². The van der Waals surface area contributed by atoms with E-state index in [1.54, 1.807) is 16.8 Å². The summed E-state index contributed by atoms with van der Waals surface area (Å²) in [6, 6.07) is 11.5. The van der Waals surface area contributed by atoms with E-state index in [0.29, 0.717) is 11.4 Å². The molecular weight excluding hydrogens is 312 g/mol. The summed E-state index contributed by atoms with van der Waals surface area (Å²) in [5.74, 6) is 0.612. The average molecular weight is 326 g/mol. The van der Waals surface area contributed by atoms with E-state index < -0.39 is 0 Å². The monoisotopic (exact) mass is 326 g/mol. The predicted molar refractivity (Wildman–Crippen MR) is 95.6 cm³/mol. The summed E-state index contributed by atoms with van der Waals surface area (Å²) in [4.78, 5) is 13.4. The highest BCUT2D eigenvalue weighted by Crippen LogP contribution is 2.16. The van der Waals surface area contributed by atoms with Gasteiger partial charge in [-0.15, -0.1) is 5.10 Å². The minimum atomic E-state index is 0.612. The van der Waals surface area contributed by atoms with Crippen LogP contribution in [0.15, 0.2) is 36.5 Å². The lowest BCUT2D eigenvalue weighted by molar-refractivity contribution is 0.884. The summed E-state index contributed by atoms with van der Waals surface area (Å²) in [5.41, 5.74) is 4.82. The van der Waals surface area contributed by atoms with E-state index in [0.717, 1.165) is 33.6 Å². The van der Waals surface area contributed by atoms with E-state index in [1.807, 2.05) is 50.3 Å². The van der Waals surface area contributed by atoms with Crippen LogP contribution < -0.4 is 0 Å². The molecule has 0 bridgehead atoms. The summed E-state index contributed by atoms with van der Waals surface area (Å²) < 4.78 is 1.79. The third kappa shape index (κ3) is 2.72. The van der Waals surface area contributed by atoms with Crippen molar-refractivity contribution < 1.29 is 0 Å². The number of rotatable bonds is 2. The molecule has 0 atom stereocenters. The van der Waals surface area contributed by atoms with Gasteiger partial charge in [0.25, 0.3) is 0 Å². The summed E-state index contributed by atoms with van der Waals surface area (Å²) in [6.45, 7) is 3.86. The molecule has 0 N–H and O–H groups in total. The summed E-state index contributed by atoms with van der Waals surface area (Å²) in [6.07, 6.45) is 5.50. The van der Waals surface area contributed by atoms with Gasteiger partial charge in [0.05, 0.1) is 34.2 Å². The maximum Gasteiger partial charge on any atom is 0.177 e. The zero-order valence-electron chi connectivity index (χ0n) is 13.8. The highest BCUT2D eigenvalue weighted by molar-refractivity contribution is 5.82. The Hall–Kier alpha value is -3.59. The van der Waals surface area contributed by atoms with Crippen LogP contribution >= 0.6 is 0 Å². The van der Waals surface area contributed by atoms with Gasteiger partial charge < -0.3 is 0 Å². The number of hydrogen-bond acceptors (Lipinski definition) is 5. The summed E-state index contributed by atoms with van der Waals surface area (Å²) in [7, 11) is 0. The van der Waals surface area contributed by atoms with E-state index in [2.05, 4.69) is 26.1 Å². The second kappa shape index (κ2) is 5.80. The maximum atomic E-state index is 8.96. The van der Waals surface area contributed by atoms with Gasteiger partial charge in [0, 0.05) is 11.6 Å². The van der Waals surface area contributed by atoms with E-state index >= 15 is 0 Å². The van der Waals surface area contributed by atoms with Crippen LogP contribution in [0.4, 0.5) is 0 Å². The number of aromatic nitrogens is 5. The lowest BCUT2D eigenvalue weighted by Crippen LogP contribution is -1.97. The van der Waals surface area contributed by atoms with Gasteiger partial charge in [0.2, 0.25) is 0 Å². The van der Waals surface area contributed by atoms with E-state index in [1.165, 1.54) is 0 Å². The van der Waals surface area contributed by atoms with Gasteiger partial charge in [-0.3, -0.25) is 4.98 Å². The second-order valence-electron chi connectivity index (χ2n) is 5.78. The molecule has 0 aliphatic rings. The molecule has 0 radical (unpaired) electrons. The predicted octanol–water partition coefficient (Wildman–Crippen LogP) is 3.33. The fourth-order valence-electron chi connectivity index (χ4n) is 2.65. The molecule has 3 aromatic heterocycles. The van der Waals surface area contributed by atoms with Gasteiger partial charge in [0.1, 0.15) is 0 Å². The van der Waals surface area contributed by atoms with E-state index in [9.17, 15) is 0 Å². The van der Waals surface area contributed by atoms with Crippen LogP contribution in [0.5, 0.6) is 0 Å². The molecule has 6 nitrogen and oxygen atoms in total. The Kier molecular flexibility index (Phi) is 3.47. The van der Waals surface area contributed by atoms with E-state index in [-0.39, 0.29) is 0 Å². The summed E-state index contributed by atoms with van der Waals surface area (Å²) >= 11 is 0. The highest BCUT2D eigenvalue weighted by Gasteiger charge is 2.07. The zero-order chi connectivity index (χ0) is 17.4. The molecule has 25 heavy (non-hydrogen) atoms. The van der Waals surface area contributed by atoms with Crippen molar-refractivity contribution in [2.24, 2.45) is 0 Å². The highest BCUT2D eigenvalue weighted by atomic mass is 15.3. The molecule has 4 aromatic rings. The van der Waals surface area contributed by atoms with E-state index in [4.69, 9.17) is 5.26 Å². The Balaban J connectivity index is 1.70. The Morgan fingerprint density at radius 2 is 1.96 bits per heavy atom. The van der Waals surface area contributed by atoms with Crippen molar-refractivity contribution in [2.75, 3.05) is 0 Å². The Morgan fingerprint density at radius 3 is 2.76 bits per heavy atom. The molecule has 1 aromatic carbocycles. The van der Waals surface area contributed by atoms with Crippen molar-refractivity contribution in [3.05, 3.63) is 65.0 Å². The van der Waals surface area contributed by atoms with Crippen LogP contribution in [-0.2, 0) is 0 Å². The SMILES string of the molecule is Cc1ncc(C)n2nc(/C=C/c3ccc4cc(C#N)ccc4n3)nc12. The number of hydrogen-bond donors (Lipinski definition) is 0. The van der Waals surface area contributed by atoms with Gasteiger partial charge in [0.15, 0.2) is 11.5 Å². The van der Waals surface area contributed by atoms with Crippen molar-refractivity contribution >= 4 is 28.7 Å². The molecule has 120 valence electrons. The fourth-order valence-corrected chi connectivity index (χ4v) is 2.65. The number of fused-ring (bicyclic) bond motifs is 2. The first-order valence-electron chi connectivity index (χ1n) is 7.82. The summed E-state index contributed by atoms with van der Waals surface area (Å²) in [5, 5.41) is 14.4. The van der Waals surface area contributed by atoms with Crippen molar-refractivity contribution in [3.63, 3.8) is 0 Å². The molecule has 0 amide bonds.